The summed E-state index contributed by atoms with van der Waals surface area (Å²) in [7, 11) is -2.58. The monoisotopic (exact) mass is 304 g/mol. The zero-order valence-electron chi connectivity index (χ0n) is 10.1. The van der Waals surface area contributed by atoms with Crippen LogP contribution >= 0.6 is 11.6 Å². The van der Waals surface area contributed by atoms with Gasteiger partial charge in [0.25, 0.3) is 0 Å². The third-order valence-electron chi connectivity index (χ3n) is 2.79. The van der Waals surface area contributed by atoms with Gasteiger partial charge >= 0.3 is 5.97 Å². The quantitative estimate of drug-likeness (QED) is 0.790. The Morgan fingerprint density at radius 2 is 2.16 bits per heavy atom. The second-order valence-corrected chi connectivity index (χ2v) is 6.35. The summed E-state index contributed by atoms with van der Waals surface area (Å²) < 4.78 is 31.2. The van der Waals surface area contributed by atoms with Crippen LogP contribution in [0.25, 0.3) is 0 Å². The fourth-order valence-corrected chi connectivity index (χ4v) is 3.39. The maximum absolute atomic E-state index is 12.1. The van der Waals surface area contributed by atoms with Gasteiger partial charge in [-0.25, -0.2) is 17.9 Å². The predicted molar refractivity (Wildman–Crippen MR) is 69.5 cm³/mol. The molecule has 2 unspecified atom stereocenters. The number of hydrogen-bond donors (Lipinski definition) is 2. The van der Waals surface area contributed by atoms with Crippen LogP contribution in [-0.4, -0.2) is 33.6 Å². The topological polar surface area (TPSA) is 98.5 Å². The van der Waals surface area contributed by atoms with Crippen LogP contribution in [0.4, 0.5) is 0 Å². The molecule has 6 nitrogen and oxygen atoms in total. The first-order chi connectivity index (χ1) is 8.85. The highest BCUT2D eigenvalue weighted by molar-refractivity contribution is 7.89. The Labute approximate surface area is 115 Å². The summed E-state index contributed by atoms with van der Waals surface area (Å²) in [4.78, 5) is 11.2. The number of ether oxygens (including phenoxy) is 1. The van der Waals surface area contributed by atoms with E-state index < -0.39 is 16.0 Å². The maximum atomic E-state index is 12.1. The van der Waals surface area contributed by atoms with E-state index >= 15 is 0 Å². The fourth-order valence-electron chi connectivity index (χ4n) is 1.57. The molecule has 1 aromatic rings. The lowest BCUT2D eigenvalue weighted by Crippen LogP contribution is -2.30. The minimum Gasteiger partial charge on any atom is -0.465 e. The lowest BCUT2D eigenvalue weighted by molar-refractivity contribution is 0.0600. The third-order valence-corrected chi connectivity index (χ3v) is 4.76. The van der Waals surface area contributed by atoms with Crippen LogP contribution in [0.3, 0.4) is 0 Å². The number of methoxy groups -OCH3 is 1. The number of hydrogen-bond acceptors (Lipinski definition) is 5. The first-order valence-corrected chi connectivity index (χ1v) is 7.37. The van der Waals surface area contributed by atoms with Crippen molar-refractivity contribution in [3.8, 4) is 0 Å². The highest BCUT2D eigenvalue weighted by atomic mass is 35.5. The van der Waals surface area contributed by atoms with Crippen LogP contribution in [0, 0.1) is 0 Å². The Bertz CT molecular complexity index is 617. The third kappa shape index (κ3) is 3.06. The molecule has 1 aromatic carbocycles. The van der Waals surface area contributed by atoms with Gasteiger partial charge in [-0.15, -0.1) is 0 Å². The molecule has 0 aromatic heterocycles. The van der Waals surface area contributed by atoms with Crippen LogP contribution in [0.5, 0.6) is 0 Å². The second-order valence-electron chi connectivity index (χ2n) is 4.26. The van der Waals surface area contributed by atoms with Gasteiger partial charge in [0.1, 0.15) is 4.90 Å². The summed E-state index contributed by atoms with van der Waals surface area (Å²) in [5.74, 6) is -0.628. The minimum atomic E-state index is -3.79. The Morgan fingerprint density at radius 3 is 2.68 bits per heavy atom. The van der Waals surface area contributed by atoms with Gasteiger partial charge in [-0.05, 0) is 24.6 Å². The molecule has 1 aliphatic rings. The molecule has 19 heavy (non-hydrogen) atoms. The van der Waals surface area contributed by atoms with E-state index in [0.717, 1.165) is 0 Å². The molecular formula is C11H13ClN2O4S. The molecule has 1 aliphatic carbocycles. The summed E-state index contributed by atoms with van der Waals surface area (Å²) in [6.45, 7) is 0. The smallest absolute Gasteiger partial charge is 0.337 e. The van der Waals surface area contributed by atoms with Gasteiger partial charge in [0.2, 0.25) is 10.0 Å². The number of rotatable bonds is 4. The van der Waals surface area contributed by atoms with Gasteiger partial charge in [-0.3, -0.25) is 0 Å². The second kappa shape index (κ2) is 5.09. The molecule has 0 spiro atoms. The number of benzene rings is 1. The van der Waals surface area contributed by atoms with Crippen LogP contribution in [-0.2, 0) is 14.8 Å². The maximum Gasteiger partial charge on any atom is 0.337 e. The van der Waals surface area contributed by atoms with E-state index in [0.29, 0.717) is 6.42 Å². The van der Waals surface area contributed by atoms with E-state index in [1.165, 1.54) is 25.3 Å². The molecule has 2 rings (SSSR count). The van der Waals surface area contributed by atoms with Crippen LogP contribution < -0.4 is 10.5 Å². The largest absolute Gasteiger partial charge is 0.465 e. The summed E-state index contributed by atoms with van der Waals surface area (Å²) in [5, 5.41) is 0.0365. The van der Waals surface area contributed by atoms with Crippen molar-refractivity contribution in [1.29, 1.82) is 0 Å². The van der Waals surface area contributed by atoms with Crippen molar-refractivity contribution in [2.45, 2.75) is 23.4 Å². The van der Waals surface area contributed by atoms with E-state index in [4.69, 9.17) is 17.3 Å². The Hall–Kier alpha value is -1.15. The highest BCUT2D eigenvalue weighted by Gasteiger charge is 2.37. The van der Waals surface area contributed by atoms with Crippen LogP contribution in [0.2, 0.25) is 5.02 Å². The Morgan fingerprint density at radius 1 is 1.53 bits per heavy atom. The molecule has 0 saturated heterocycles. The Kier molecular flexibility index (Phi) is 3.82. The van der Waals surface area contributed by atoms with Gasteiger partial charge < -0.3 is 10.5 Å². The van der Waals surface area contributed by atoms with Gasteiger partial charge in [0.05, 0.1) is 17.7 Å². The van der Waals surface area contributed by atoms with E-state index in [-0.39, 0.29) is 27.6 Å². The van der Waals surface area contributed by atoms with Crippen molar-refractivity contribution >= 4 is 27.6 Å². The highest BCUT2D eigenvalue weighted by Crippen LogP contribution is 2.26. The molecule has 0 radical (unpaired) electrons. The Balaban J connectivity index is 2.34. The molecule has 2 atom stereocenters. The molecule has 0 aliphatic heterocycles. The standard InChI is InChI=1S/C11H13ClN2O4S/c1-18-11(15)6-2-3-7(12)10(4-6)19(16,17)14-9-5-8(9)13/h2-4,8-9,14H,5,13H2,1H3. The molecule has 104 valence electrons. The molecule has 0 heterocycles. The number of esters is 1. The van der Waals surface area contributed by atoms with E-state index in [1.54, 1.807) is 0 Å². The summed E-state index contributed by atoms with van der Waals surface area (Å²) in [5.41, 5.74) is 5.67. The summed E-state index contributed by atoms with van der Waals surface area (Å²) in [6.07, 6.45) is 0.591. The van der Waals surface area contributed by atoms with Crippen molar-refractivity contribution in [2.24, 2.45) is 5.73 Å². The molecule has 8 heteroatoms. The molecule has 1 saturated carbocycles. The van der Waals surface area contributed by atoms with Gasteiger partial charge in [0.15, 0.2) is 0 Å². The first-order valence-electron chi connectivity index (χ1n) is 5.51. The number of carbonyl (C=O) groups is 1. The minimum absolute atomic E-state index is 0.0365. The average Bonchev–Trinajstić information content (AvgIpc) is 3.03. The summed E-state index contributed by atoms with van der Waals surface area (Å²) in [6, 6.07) is 3.48. The van der Waals surface area contributed by atoms with Crippen LogP contribution in [0.15, 0.2) is 23.1 Å². The lowest BCUT2D eigenvalue weighted by atomic mass is 10.2. The van der Waals surface area contributed by atoms with Gasteiger partial charge in [-0.2, -0.15) is 0 Å². The SMILES string of the molecule is COC(=O)c1ccc(Cl)c(S(=O)(=O)NC2CC2N)c1. The number of nitrogens with one attached hydrogen (secondary N) is 1. The zero-order chi connectivity index (χ0) is 14.2. The van der Waals surface area contributed by atoms with E-state index in [2.05, 4.69) is 9.46 Å². The zero-order valence-corrected chi connectivity index (χ0v) is 11.7. The van der Waals surface area contributed by atoms with Crippen LogP contribution in [0.1, 0.15) is 16.8 Å². The number of carbonyl (C=O) groups excluding carboxylic acids is 1. The summed E-state index contributed by atoms with van der Waals surface area (Å²) >= 11 is 5.87. The average molecular weight is 305 g/mol. The molecule has 3 N–H and O–H groups in total. The molecular weight excluding hydrogens is 292 g/mol. The molecule has 1 fully saturated rings. The fraction of sp³-hybridized carbons (Fsp3) is 0.364. The lowest BCUT2D eigenvalue weighted by Gasteiger charge is -2.09. The molecule has 0 amide bonds. The number of halogens is 1. The van der Waals surface area contributed by atoms with Gasteiger partial charge in [-0.1, -0.05) is 11.6 Å². The van der Waals surface area contributed by atoms with Crippen molar-refractivity contribution in [2.75, 3.05) is 7.11 Å². The van der Waals surface area contributed by atoms with Crippen molar-refractivity contribution in [3.05, 3.63) is 28.8 Å². The number of nitrogens with two attached hydrogens (primary N) is 1. The van der Waals surface area contributed by atoms with Crippen molar-refractivity contribution < 1.29 is 17.9 Å². The van der Waals surface area contributed by atoms with Crippen molar-refractivity contribution in [3.63, 3.8) is 0 Å². The normalized spacial score (nSPS) is 22.1. The molecule has 0 bridgehead atoms. The van der Waals surface area contributed by atoms with Crippen molar-refractivity contribution in [1.82, 2.24) is 4.72 Å². The first kappa shape index (κ1) is 14.3. The van der Waals surface area contributed by atoms with E-state index in [9.17, 15) is 13.2 Å². The number of sulfonamides is 1. The van der Waals surface area contributed by atoms with E-state index in [1.807, 2.05) is 0 Å². The van der Waals surface area contributed by atoms with Gasteiger partial charge in [0, 0.05) is 12.1 Å². The predicted octanol–water partition coefficient (Wildman–Crippen LogP) is 0.505.